The summed E-state index contributed by atoms with van der Waals surface area (Å²) in [5.74, 6) is 0.380. The summed E-state index contributed by atoms with van der Waals surface area (Å²) in [5, 5.41) is 16.2. The van der Waals surface area contributed by atoms with Gasteiger partial charge in [-0.2, -0.15) is 5.10 Å². The monoisotopic (exact) mass is 422 g/mol. The first-order valence-corrected chi connectivity index (χ1v) is 10.4. The van der Waals surface area contributed by atoms with Crippen LogP contribution in [0.4, 0.5) is 10.2 Å². The highest BCUT2D eigenvalue weighted by atomic mass is 19.1. The minimum atomic E-state index is -0.209. The Balaban J connectivity index is 1.91. The average molecular weight is 423 g/mol. The number of aromatic nitrogens is 3. The van der Waals surface area contributed by atoms with Crippen LogP contribution in [-0.4, -0.2) is 27.1 Å². The topological polar surface area (TPSA) is 102 Å². The van der Waals surface area contributed by atoms with Crippen molar-refractivity contribution in [3.05, 3.63) is 59.1 Å². The van der Waals surface area contributed by atoms with Gasteiger partial charge in [-0.25, -0.2) is 9.37 Å². The second kappa shape index (κ2) is 8.37. The van der Waals surface area contributed by atoms with Gasteiger partial charge >= 0.3 is 0 Å². The fourth-order valence-electron chi connectivity index (χ4n) is 4.08. The Morgan fingerprint density at radius 3 is 3.00 bits per heavy atom. The number of ether oxygens (including phenoxy) is 1. The zero-order valence-corrected chi connectivity index (χ0v) is 18.0. The van der Waals surface area contributed by atoms with E-state index < -0.39 is 0 Å². The van der Waals surface area contributed by atoms with Crippen molar-refractivity contribution < 1.29 is 9.13 Å². The van der Waals surface area contributed by atoms with Crippen molar-refractivity contribution in [2.45, 2.75) is 33.1 Å². The first kappa shape index (κ1) is 20.8. The van der Waals surface area contributed by atoms with Crippen LogP contribution >= 0.6 is 0 Å². The maximum atomic E-state index is 14.0. The van der Waals surface area contributed by atoms with Crippen LogP contribution in [0.2, 0.25) is 0 Å². The number of nitrogen functional groups attached to an aromatic ring is 1. The number of allylic oxidation sites excluding steroid dienone is 5. The number of aryl methyl sites for hydroxylation is 2. The molecule has 0 saturated heterocycles. The maximum Gasteiger partial charge on any atom is 0.166 e. The lowest BCUT2D eigenvalue weighted by molar-refractivity contribution is 0.256. The normalized spacial score (nSPS) is 19.6. The lowest BCUT2D eigenvalue weighted by atomic mass is 9.95. The van der Waals surface area contributed by atoms with E-state index in [1.54, 1.807) is 25.3 Å². The molecule has 0 amide bonds. The van der Waals surface area contributed by atoms with Gasteiger partial charge in [0, 0.05) is 60.2 Å². The summed E-state index contributed by atoms with van der Waals surface area (Å²) in [6.07, 6.45) is 8.28. The Morgan fingerprint density at radius 1 is 1.45 bits per heavy atom. The number of nitrogens with zero attached hydrogens (tertiary/aromatic N) is 3. The lowest BCUT2D eigenvalue weighted by Gasteiger charge is -2.26. The number of anilines is 1. The van der Waals surface area contributed by atoms with Gasteiger partial charge in [-0.1, -0.05) is 6.92 Å². The predicted octanol–water partition coefficient (Wildman–Crippen LogP) is 3.83. The summed E-state index contributed by atoms with van der Waals surface area (Å²) in [6, 6.07) is 1.89. The highest BCUT2D eigenvalue weighted by Crippen LogP contribution is 2.35. The molecule has 2 bridgehead atoms. The van der Waals surface area contributed by atoms with E-state index in [2.05, 4.69) is 17.2 Å². The molecule has 7 nitrogen and oxygen atoms in total. The minimum Gasteiger partial charge on any atom is -0.489 e. The van der Waals surface area contributed by atoms with Crippen LogP contribution in [0.15, 0.2) is 47.7 Å². The van der Waals surface area contributed by atoms with Crippen LogP contribution in [0, 0.1) is 11.3 Å². The molecular formula is C23H27FN6O. The highest BCUT2D eigenvalue weighted by molar-refractivity contribution is 5.90. The molecule has 1 aliphatic carbocycles. The van der Waals surface area contributed by atoms with Gasteiger partial charge in [-0.3, -0.25) is 4.68 Å². The fourth-order valence-corrected chi connectivity index (χ4v) is 4.08. The van der Waals surface area contributed by atoms with E-state index in [0.29, 0.717) is 23.7 Å². The van der Waals surface area contributed by atoms with Crippen molar-refractivity contribution in [1.82, 2.24) is 20.1 Å². The second-order valence-corrected chi connectivity index (χ2v) is 7.95. The first-order valence-electron chi connectivity index (χ1n) is 10.4. The molecule has 2 aromatic heterocycles. The molecule has 0 radical (unpaired) electrons. The minimum absolute atomic E-state index is 0.193. The van der Waals surface area contributed by atoms with Crippen molar-refractivity contribution in [1.29, 1.82) is 5.41 Å². The first-order chi connectivity index (χ1) is 14.9. The number of hydrogen-bond acceptors (Lipinski definition) is 6. The van der Waals surface area contributed by atoms with E-state index in [0.717, 1.165) is 40.3 Å². The van der Waals surface area contributed by atoms with Gasteiger partial charge in [0.1, 0.15) is 5.83 Å². The number of nitrogens with one attached hydrogen (secondary N) is 2. The third-order valence-electron chi connectivity index (χ3n) is 5.56. The van der Waals surface area contributed by atoms with Gasteiger partial charge in [0.25, 0.3) is 0 Å². The molecule has 1 aliphatic heterocycles. The van der Waals surface area contributed by atoms with Crippen LogP contribution in [0.1, 0.15) is 31.7 Å². The number of hydrogen-bond donors (Lipinski definition) is 3. The molecule has 1 unspecified atom stereocenters. The SMILES string of the molecule is CCc1nn(C)c2c1-c1cnc(N)c(c1)OCC1CC(F)=CC=C1N/C(=C\C(C)=N)C2. The van der Waals surface area contributed by atoms with Crippen molar-refractivity contribution in [2.24, 2.45) is 13.0 Å². The van der Waals surface area contributed by atoms with E-state index in [9.17, 15) is 4.39 Å². The molecule has 4 rings (SSSR count). The van der Waals surface area contributed by atoms with Crippen LogP contribution in [-0.2, 0) is 19.9 Å². The third-order valence-corrected chi connectivity index (χ3v) is 5.56. The molecule has 162 valence electrons. The molecule has 2 aromatic rings. The Hall–Kier alpha value is -3.42. The number of rotatable bonds is 2. The van der Waals surface area contributed by atoms with Crippen molar-refractivity contribution in [3.8, 4) is 16.9 Å². The average Bonchev–Trinajstić information content (AvgIpc) is 3.03. The third kappa shape index (κ3) is 4.23. The Bertz CT molecular complexity index is 1130. The Kier molecular flexibility index (Phi) is 5.63. The lowest BCUT2D eigenvalue weighted by Crippen LogP contribution is -2.28. The second-order valence-electron chi connectivity index (χ2n) is 7.95. The molecule has 0 spiro atoms. The quantitative estimate of drug-likeness (QED) is 0.639. The summed E-state index contributed by atoms with van der Waals surface area (Å²) in [7, 11) is 1.92. The molecule has 0 aromatic carbocycles. The molecule has 31 heavy (non-hydrogen) atoms. The molecule has 0 saturated carbocycles. The standard InChI is InChI=1S/C23H27FN6O/c1-4-18-22-14-9-21(23(26)27-11-14)31-12-15-8-16(24)5-6-19(15)28-17(7-13(2)25)10-20(22)30(3)29-18/h5-7,9,11,15,25,28H,4,8,10,12H2,1-3H3,(H2,26,27)/b17-7-,25-13?. The largest absolute Gasteiger partial charge is 0.489 e. The molecule has 3 heterocycles. The molecule has 0 fully saturated rings. The molecule has 2 aliphatic rings. The Morgan fingerprint density at radius 2 is 2.26 bits per heavy atom. The van der Waals surface area contributed by atoms with Gasteiger partial charge in [-0.05, 0) is 37.6 Å². The van der Waals surface area contributed by atoms with Crippen LogP contribution in [0.25, 0.3) is 11.1 Å². The van der Waals surface area contributed by atoms with E-state index in [4.69, 9.17) is 21.0 Å². The highest BCUT2D eigenvalue weighted by Gasteiger charge is 2.25. The summed E-state index contributed by atoms with van der Waals surface area (Å²) in [4.78, 5) is 4.35. The number of fused-ring (bicyclic) bond motifs is 5. The van der Waals surface area contributed by atoms with Crippen molar-refractivity contribution in [3.63, 3.8) is 0 Å². The van der Waals surface area contributed by atoms with Gasteiger partial charge in [-0.15, -0.1) is 0 Å². The van der Waals surface area contributed by atoms with Gasteiger partial charge in [0.05, 0.1) is 18.0 Å². The smallest absolute Gasteiger partial charge is 0.166 e. The molecule has 4 N–H and O–H groups in total. The van der Waals surface area contributed by atoms with E-state index in [1.807, 2.05) is 17.8 Å². The van der Waals surface area contributed by atoms with E-state index in [-0.39, 0.29) is 24.8 Å². The summed E-state index contributed by atoms with van der Waals surface area (Å²) in [5.41, 5.74) is 12.0. The number of nitrogens with two attached hydrogens (primary N) is 1. The number of pyridine rings is 1. The van der Waals surface area contributed by atoms with E-state index in [1.165, 1.54) is 6.08 Å². The zero-order valence-electron chi connectivity index (χ0n) is 18.0. The van der Waals surface area contributed by atoms with Crippen molar-refractivity contribution >= 4 is 11.5 Å². The maximum absolute atomic E-state index is 14.0. The van der Waals surface area contributed by atoms with Crippen LogP contribution < -0.4 is 15.8 Å². The van der Waals surface area contributed by atoms with E-state index >= 15 is 0 Å². The van der Waals surface area contributed by atoms with Gasteiger partial charge < -0.3 is 21.2 Å². The predicted molar refractivity (Wildman–Crippen MR) is 119 cm³/mol. The summed E-state index contributed by atoms with van der Waals surface area (Å²) in [6.45, 7) is 4.06. The summed E-state index contributed by atoms with van der Waals surface area (Å²) < 4.78 is 21.9. The molecule has 1 atom stereocenters. The fraction of sp³-hybridized carbons (Fsp3) is 0.348. The molecular weight excluding hydrogens is 395 g/mol. The van der Waals surface area contributed by atoms with Crippen LogP contribution in [0.3, 0.4) is 0 Å². The zero-order chi connectivity index (χ0) is 22.1. The number of halogens is 1. The summed E-state index contributed by atoms with van der Waals surface area (Å²) >= 11 is 0. The van der Waals surface area contributed by atoms with Crippen molar-refractivity contribution in [2.75, 3.05) is 12.3 Å². The molecule has 8 heteroatoms. The Labute approximate surface area is 181 Å². The van der Waals surface area contributed by atoms with Crippen LogP contribution in [0.5, 0.6) is 5.75 Å². The van der Waals surface area contributed by atoms with Gasteiger partial charge in [0.15, 0.2) is 11.6 Å². The van der Waals surface area contributed by atoms with Gasteiger partial charge in [0.2, 0.25) is 0 Å².